The molecule has 0 amide bonds. The zero-order valence-electron chi connectivity index (χ0n) is 9.93. The molecule has 0 radical (unpaired) electrons. The highest BCUT2D eigenvalue weighted by atomic mass is 16.5. The van der Waals surface area contributed by atoms with E-state index in [1.807, 2.05) is 6.07 Å². The van der Waals surface area contributed by atoms with Gasteiger partial charge in [0.2, 0.25) is 0 Å². The normalized spacial score (nSPS) is 25.4. The van der Waals surface area contributed by atoms with E-state index in [-0.39, 0.29) is 6.04 Å². The SMILES string of the molecule is c1ccc(C2COC(C3CCNCC3)=N2)cc1. The largest absolute Gasteiger partial charge is 0.478 e. The summed E-state index contributed by atoms with van der Waals surface area (Å²) in [6.07, 6.45) is 2.31. The standard InChI is InChI=1S/C14H18N2O/c1-2-4-11(5-3-1)13-10-17-14(16-13)12-6-8-15-9-7-12/h1-5,12-13,15H,6-10H2. The van der Waals surface area contributed by atoms with E-state index in [2.05, 4.69) is 29.6 Å². The van der Waals surface area contributed by atoms with E-state index in [0.717, 1.165) is 31.8 Å². The van der Waals surface area contributed by atoms with Gasteiger partial charge in [0.1, 0.15) is 12.6 Å². The van der Waals surface area contributed by atoms with Crippen LogP contribution in [0.4, 0.5) is 0 Å². The molecule has 1 aromatic carbocycles. The van der Waals surface area contributed by atoms with Gasteiger partial charge < -0.3 is 10.1 Å². The molecule has 3 rings (SSSR count). The highest BCUT2D eigenvalue weighted by molar-refractivity contribution is 5.80. The lowest BCUT2D eigenvalue weighted by Crippen LogP contribution is -2.31. The highest BCUT2D eigenvalue weighted by Gasteiger charge is 2.27. The third-order valence-corrected chi connectivity index (χ3v) is 3.54. The topological polar surface area (TPSA) is 33.6 Å². The molecule has 2 aliphatic heterocycles. The van der Waals surface area contributed by atoms with Crippen molar-refractivity contribution in [2.24, 2.45) is 10.9 Å². The number of benzene rings is 1. The van der Waals surface area contributed by atoms with Crippen LogP contribution in [0.15, 0.2) is 35.3 Å². The van der Waals surface area contributed by atoms with Gasteiger partial charge >= 0.3 is 0 Å². The fourth-order valence-corrected chi connectivity index (χ4v) is 2.53. The summed E-state index contributed by atoms with van der Waals surface area (Å²) in [6, 6.07) is 10.6. The molecule has 2 heterocycles. The van der Waals surface area contributed by atoms with Crippen molar-refractivity contribution in [1.29, 1.82) is 0 Å². The lowest BCUT2D eigenvalue weighted by molar-refractivity contribution is 0.285. The average molecular weight is 230 g/mol. The number of nitrogens with one attached hydrogen (secondary N) is 1. The Labute approximate surface area is 102 Å². The van der Waals surface area contributed by atoms with Gasteiger partial charge in [-0.3, -0.25) is 0 Å². The molecule has 1 atom stereocenters. The van der Waals surface area contributed by atoms with Gasteiger partial charge in [-0.15, -0.1) is 0 Å². The Morgan fingerprint density at radius 2 is 1.88 bits per heavy atom. The van der Waals surface area contributed by atoms with Gasteiger partial charge in [0, 0.05) is 5.92 Å². The summed E-state index contributed by atoms with van der Waals surface area (Å²) in [5, 5.41) is 3.37. The first kappa shape index (κ1) is 10.8. The Morgan fingerprint density at radius 3 is 2.65 bits per heavy atom. The van der Waals surface area contributed by atoms with Crippen molar-refractivity contribution in [3.63, 3.8) is 0 Å². The molecule has 3 nitrogen and oxygen atoms in total. The Morgan fingerprint density at radius 1 is 1.12 bits per heavy atom. The van der Waals surface area contributed by atoms with Crippen LogP contribution in [-0.4, -0.2) is 25.6 Å². The molecule has 0 saturated carbocycles. The van der Waals surface area contributed by atoms with E-state index >= 15 is 0 Å². The second kappa shape index (κ2) is 4.88. The summed E-state index contributed by atoms with van der Waals surface area (Å²) in [5.41, 5.74) is 1.26. The molecule has 90 valence electrons. The van der Waals surface area contributed by atoms with E-state index in [1.54, 1.807) is 0 Å². The molecule has 2 aliphatic rings. The predicted molar refractivity (Wildman–Crippen MR) is 68.2 cm³/mol. The summed E-state index contributed by atoms with van der Waals surface area (Å²) < 4.78 is 5.78. The minimum atomic E-state index is 0.209. The summed E-state index contributed by atoms with van der Waals surface area (Å²) >= 11 is 0. The summed E-state index contributed by atoms with van der Waals surface area (Å²) in [4.78, 5) is 4.75. The zero-order valence-corrected chi connectivity index (χ0v) is 9.93. The summed E-state index contributed by atoms with van der Waals surface area (Å²) in [6.45, 7) is 2.88. The fraction of sp³-hybridized carbons (Fsp3) is 0.500. The van der Waals surface area contributed by atoms with Crippen LogP contribution in [0.5, 0.6) is 0 Å². The van der Waals surface area contributed by atoms with Gasteiger partial charge in [0.15, 0.2) is 5.90 Å². The highest BCUT2D eigenvalue weighted by Crippen LogP contribution is 2.27. The molecule has 1 N–H and O–H groups in total. The van der Waals surface area contributed by atoms with Gasteiger partial charge in [-0.2, -0.15) is 0 Å². The van der Waals surface area contributed by atoms with Crippen molar-refractivity contribution in [3.05, 3.63) is 35.9 Å². The smallest absolute Gasteiger partial charge is 0.187 e. The van der Waals surface area contributed by atoms with Gasteiger partial charge in [-0.05, 0) is 31.5 Å². The Balaban J connectivity index is 1.72. The van der Waals surface area contributed by atoms with Crippen LogP contribution in [0.1, 0.15) is 24.4 Å². The number of aliphatic imine (C=N–C) groups is 1. The molecular formula is C14H18N2O. The Hall–Kier alpha value is -1.35. The minimum absolute atomic E-state index is 0.209. The molecule has 3 heteroatoms. The first-order valence-electron chi connectivity index (χ1n) is 6.39. The molecule has 0 aliphatic carbocycles. The molecule has 0 aromatic heterocycles. The average Bonchev–Trinajstić information content (AvgIpc) is 2.90. The number of rotatable bonds is 2. The second-order valence-electron chi connectivity index (χ2n) is 4.73. The first-order valence-corrected chi connectivity index (χ1v) is 6.39. The number of ether oxygens (including phenoxy) is 1. The van der Waals surface area contributed by atoms with Crippen molar-refractivity contribution >= 4 is 5.90 Å². The third-order valence-electron chi connectivity index (χ3n) is 3.54. The van der Waals surface area contributed by atoms with Crippen LogP contribution in [0, 0.1) is 5.92 Å². The zero-order chi connectivity index (χ0) is 11.5. The van der Waals surface area contributed by atoms with Crippen molar-refractivity contribution in [2.45, 2.75) is 18.9 Å². The van der Waals surface area contributed by atoms with E-state index in [4.69, 9.17) is 9.73 Å². The van der Waals surface area contributed by atoms with Crippen LogP contribution >= 0.6 is 0 Å². The van der Waals surface area contributed by atoms with Crippen molar-refractivity contribution < 1.29 is 4.74 Å². The fourth-order valence-electron chi connectivity index (χ4n) is 2.53. The van der Waals surface area contributed by atoms with Crippen LogP contribution in [-0.2, 0) is 4.74 Å². The molecule has 1 saturated heterocycles. The van der Waals surface area contributed by atoms with Crippen LogP contribution in [0.2, 0.25) is 0 Å². The van der Waals surface area contributed by atoms with E-state index < -0.39 is 0 Å². The Kier molecular flexibility index (Phi) is 3.10. The predicted octanol–water partition coefficient (Wildman–Crippen LogP) is 2.16. The molecule has 1 fully saturated rings. The van der Waals surface area contributed by atoms with Gasteiger partial charge in [0.05, 0.1) is 0 Å². The molecule has 0 spiro atoms. The second-order valence-corrected chi connectivity index (χ2v) is 4.73. The van der Waals surface area contributed by atoms with Crippen molar-refractivity contribution in [3.8, 4) is 0 Å². The molecule has 1 aromatic rings. The van der Waals surface area contributed by atoms with Crippen molar-refractivity contribution in [2.75, 3.05) is 19.7 Å². The molecule has 0 bridgehead atoms. The first-order chi connectivity index (χ1) is 8.43. The van der Waals surface area contributed by atoms with Gasteiger partial charge in [-0.1, -0.05) is 30.3 Å². The minimum Gasteiger partial charge on any atom is -0.478 e. The quantitative estimate of drug-likeness (QED) is 0.844. The number of nitrogens with zero attached hydrogens (tertiary/aromatic N) is 1. The molecule has 1 unspecified atom stereocenters. The Bertz CT molecular complexity index is 396. The third kappa shape index (κ3) is 2.34. The number of piperidine rings is 1. The van der Waals surface area contributed by atoms with Crippen LogP contribution in [0.3, 0.4) is 0 Å². The van der Waals surface area contributed by atoms with E-state index in [1.165, 1.54) is 5.56 Å². The molecule has 17 heavy (non-hydrogen) atoms. The van der Waals surface area contributed by atoms with Crippen molar-refractivity contribution in [1.82, 2.24) is 5.32 Å². The maximum atomic E-state index is 5.78. The van der Waals surface area contributed by atoms with Crippen LogP contribution in [0.25, 0.3) is 0 Å². The van der Waals surface area contributed by atoms with Gasteiger partial charge in [0.25, 0.3) is 0 Å². The maximum Gasteiger partial charge on any atom is 0.187 e. The molecular weight excluding hydrogens is 212 g/mol. The van der Waals surface area contributed by atoms with E-state index in [9.17, 15) is 0 Å². The monoisotopic (exact) mass is 230 g/mol. The lowest BCUT2D eigenvalue weighted by Gasteiger charge is -2.21. The summed E-state index contributed by atoms with van der Waals surface area (Å²) in [5.74, 6) is 1.52. The van der Waals surface area contributed by atoms with E-state index in [0.29, 0.717) is 12.5 Å². The number of hydrogen-bond donors (Lipinski definition) is 1. The maximum absolute atomic E-state index is 5.78. The number of hydrogen-bond acceptors (Lipinski definition) is 3. The summed E-state index contributed by atoms with van der Waals surface area (Å²) in [7, 11) is 0. The lowest BCUT2D eigenvalue weighted by atomic mass is 9.98. The van der Waals surface area contributed by atoms with Gasteiger partial charge in [-0.25, -0.2) is 4.99 Å². The van der Waals surface area contributed by atoms with Crippen LogP contribution < -0.4 is 5.32 Å².